The number of hydrogen-bond acceptors (Lipinski definition) is 6. The van der Waals surface area contributed by atoms with E-state index >= 15 is 0 Å². The fourth-order valence-corrected chi connectivity index (χ4v) is 4.74. The Kier molecular flexibility index (Phi) is 9.63. The number of nitrogens with one attached hydrogen (secondary N) is 3. The molecule has 3 unspecified atom stereocenters. The predicted molar refractivity (Wildman–Crippen MR) is 120 cm³/mol. The van der Waals surface area contributed by atoms with Crippen molar-refractivity contribution >= 4 is 21.8 Å². The first-order valence-corrected chi connectivity index (χ1v) is 12.5. The number of rotatable bonds is 11. The summed E-state index contributed by atoms with van der Waals surface area (Å²) in [6.07, 6.45) is 0.0208. The molecule has 0 spiro atoms. The quantitative estimate of drug-likeness (QED) is 0.384. The third-order valence-corrected chi connectivity index (χ3v) is 6.59. The Labute approximate surface area is 190 Å². The van der Waals surface area contributed by atoms with Gasteiger partial charge in [0, 0.05) is 0 Å². The molecule has 4 N–H and O–H groups in total. The van der Waals surface area contributed by atoms with Crippen LogP contribution in [0.5, 0.6) is 0 Å². The third-order valence-electron chi connectivity index (χ3n) is 5.10. The summed E-state index contributed by atoms with van der Waals surface area (Å²) in [7, 11) is -3.92. The fraction of sp³-hybridized carbons (Fsp3) is 0.636. The lowest BCUT2D eigenvalue weighted by atomic mass is 10.0. The normalized spacial score (nSPS) is 20.8. The molecule has 180 valence electrons. The van der Waals surface area contributed by atoms with Crippen molar-refractivity contribution in [1.29, 1.82) is 0 Å². The topological polar surface area (TPSA) is 134 Å². The smallest absolute Gasteiger partial charge is 0.242 e. The van der Waals surface area contributed by atoms with E-state index in [1.165, 1.54) is 12.1 Å². The number of carbonyl (C=O) groups excluding carboxylic acids is 2. The number of amides is 2. The lowest BCUT2D eigenvalue weighted by Crippen LogP contribution is -2.56. The molecule has 1 saturated heterocycles. The summed E-state index contributed by atoms with van der Waals surface area (Å²) in [6, 6.07) is 5.38. The Balaban J connectivity index is 2.15. The number of ether oxygens (including phenoxy) is 1. The molecule has 1 aliphatic heterocycles. The highest BCUT2D eigenvalue weighted by atomic mass is 32.2. The van der Waals surface area contributed by atoms with Crippen LogP contribution in [0.15, 0.2) is 35.2 Å². The van der Waals surface area contributed by atoms with Gasteiger partial charge in [0.1, 0.15) is 12.1 Å². The molecule has 0 aliphatic carbocycles. The zero-order chi connectivity index (χ0) is 23.9. The molecule has 1 aliphatic rings. The Hall–Kier alpha value is -2.01. The number of aliphatic hydroxyl groups excluding tert-OH is 1. The number of hydrogen-bond donors (Lipinski definition) is 4. The van der Waals surface area contributed by atoms with Gasteiger partial charge in [-0.3, -0.25) is 9.59 Å². The molecule has 0 bridgehead atoms. The molecule has 2 rings (SSSR count). The summed E-state index contributed by atoms with van der Waals surface area (Å²) < 4.78 is 33.1. The maximum Gasteiger partial charge on any atom is 0.242 e. The van der Waals surface area contributed by atoms with Crippen LogP contribution in [0.1, 0.15) is 47.0 Å². The van der Waals surface area contributed by atoms with Crippen molar-refractivity contribution in [1.82, 2.24) is 15.4 Å². The Morgan fingerprint density at radius 3 is 2.16 bits per heavy atom. The van der Waals surface area contributed by atoms with Gasteiger partial charge >= 0.3 is 0 Å². The molecular weight excluding hydrogens is 434 g/mol. The van der Waals surface area contributed by atoms with E-state index in [1.54, 1.807) is 18.2 Å². The zero-order valence-corrected chi connectivity index (χ0v) is 19.9. The number of sulfonamides is 1. The Morgan fingerprint density at radius 1 is 1.03 bits per heavy atom. The summed E-state index contributed by atoms with van der Waals surface area (Å²) in [5, 5.41) is 15.2. The highest BCUT2D eigenvalue weighted by Gasteiger charge is 2.33. The SMILES string of the molecule is CC(C)CC(NC(=O)C(CC(C)C)NS(=O)(=O)c1ccccc1)C(=O)N[C@H]1CCOC1O. The molecule has 0 aromatic heterocycles. The van der Waals surface area contributed by atoms with E-state index in [0.29, 0.717) is 19.4 Å². The van der Waals surface area contributed by atoms with Crippen molar-refractivity contribution in [2.45, 2.75) is 76.3 Å². The van der Waals surface area contributed by atoms with Gasteiger partial charge in [0.05, 0.1) is 17.5 Å². The second-order valence-corrected chi connectivity index (χ2v) is 10.7. The van der Waals surface area contributed by atoms with E-state index < -0.39 is 46.3 Å². The molecule has 4 atom stereocenters. The highest BCUT2D eigenvalue weighted by Crippen LogP contribution is 2.15. The van der Waals surface area contributed by atoms with Gasteiger partial charge in [0.15, 0.2) is 6.29 Å². The van der Waals surface area contributed by atoms with Crippen LogP contribution in [0.25, 0.3) is 0 Å². The van der Waals surface area contributed by atoms with Gasteiger partial charge in [-0.05, 0) is 43.2 Å². The van der Waals surface area contributed by atoms with E-state index in [0.717, 1.165) is 0 Å². The minimum absolute atomic E-state index is 0.0346. The molecule has 1 aromatic carbocycles. The van der Waals surface area contributed by atoms with Crippen LogP contribution < -0.4 is 15.4 Å². The van der Waals surface area contributed by atoms with Crippen LogP contribution in [0, 0.1) is 11.8 Å². The second kappa shape index (κ2) is 11.7. The number of aliphatic hydroxyl groups is 1. The molecule has 2 amide bonds. The van der Waals surface area contributed by atoms with Gasteiger partial charge in [-0.2, -0.15) is 4.72 Å². The Bertz CT molecular complexity index is 860. The fourth-order valence-electron chi connectivity index (χ4n) is 3.51. The van der Waals surface area contributed by atoms with E-state index in [4.69, 9.17) is 4.74 Å². The van der Waals surface area contributed by atoms with Crippen LogP contribution >= 0.6 is 0 Å². The van der Waals surface area contributed by atoms with Gasteiger partial charge in [-0.25, -0.2) is 8.42 Å². The van der Waals surface area contributed by atoms with Crippen molar-refractivity contribution in [3.8, 4) is 0 Å². The predicted octanol–water partition coefficient (Wildman–Crippen LogP) is 1.13. The summed E-state index contributed by atoms with van der Waals surface area (Å²) in [6.45, 7) is 7.95. The van der Waals surface area contributed by atoms with Crippen LogP contribution in [0.3, 0.4) is 0 Å². The summed E-state index contributed by atoms with van der Waals surface area (Å²) in [5.74, 6) is -0.870. The van der Waals surface area contributed by atoms with Gasteiger partial charge < -0.3 is 20.5 Å². The van der Waals surface area contributed by atoms with Crippen LogP contribution in [0.4, 0.5) is 0 Å². The highest BCUT2D eigenvalue weighted by molar-refractivity contribution is 7.89. The van der Waals surface area contributed by atoms with Gasteiger partial charge in [0.25, 0.3) is 0 Å². The largest absolute Gasteiger partial charge is 0.366 e. The maximum atomic E-state index is 13.1. The molecule has 1 fully saturated rings. The van der Waals surface area contributed by atoms with E-state index in [1.807, 2.05) is 27.7 Å². The van der Waals surface area contributed by atoms with Crippen molar-refractivity contribution < 1.29 is 27.9 Å². The maximum absolute atomic E-state index is 13.1. The van der Waals surface area contributed by atoms with Crippen LogP contribution in [-0.4, -0.2) is 56.4 Å². The molecule has 0 saturated carbocycles. The lowest BCUT2D eigenvalue weighted by Gasteiger charge is -2.26. The molecule has 9 nitrogen and oxygen atoms in total. The average molecular weight is 470 g/mol. The van der Waals surface area contributed by atoms with E-state index in [9.17, 15) is 23.1 Å². The molecule has 32 heavy (non-hydrogen) atoms. The lowest BCUT2D eigenvalue weighted by molar-refractivity contribution is -0.132. The van der Waals surface area contributed by atoms with E-state index in [-0.39, 0.29) is 23.2 Å². The third kappa shape index (κ3) is 7.84. The van der Waals surface area contributed by atoms with Gasteiger partial charge in [-0.15, -0.1) is 0 Å². The first kappa shape index (κ1) is 26.2. The first-order chi connectivity index (χ1) is 15.0. The summed E-state index contributed by atoms with van der Waals surface area (Å²) in [5.41, 5.74) is 0. The minimum atomic E-state index is -3.92. The molecule has 10 heteroatoms. The molecule has 1 heterocycles. The monoisotopic (exact) mass is 469 g/mol. The summed E-state index contributed by atoms with van der Waals surface area (Å²) in [4.78, 5) is 26.0. The van der Waals surface area contributed by atoms with Crippen LogP contribution in [-0.2, 0) is 24.3 Å². The number of carbonyl (C=O) groups is 2. The van der Waals surface area contributed by atoms with Crippen molar-refractivity contribution in [2.24, 2.45) is 11.8 Å². The van der Waals surface area contributed by atoms with Crippen molar-refractivity contribution in [2.75, 3.05) is 6.61 Å². The molecular formula is C22H35N3O6S. The van der Waals surface area contributed by atoms with Crippen molar-refractivity contribution in [3.63, 3.8) is 0 Å². The zero-order valence-electron chi connectivity index (χ0n) is 19.1. The number of benzene rings is 1. The molecule has 0 radical (unpaired) electrons. The first-order valence-electron chi connectivity index (χ1n) is 11.0. The van der Waals surface area contributed by atoms with Crippen LogP contribution in [0.2, 0.25) is 0 Å². The Morgan fingerprint density at radius 2 is 1.62 bits per heavy atom. The second-order valence-electron chi connectivity index (χ2n) is 8.97. The van der Waals surface area contributed by atoms with Gasteiger partial charge in [-0.1, -0.05) is 45.9 Å². The van der Waals surface area contributed by atoms with Gasteiger partial charge in [0.2, 0.25) is 21.8 Å². The summed E-state index contributed by atoms with van der Waals surface area (Å²) >= 11 is 0. The standard InChI is InChI=1S/C22H35N3O6S/c1-14(2)12-18(20(26)23-17-10-11-31-22(17)28)24-21(27)19(13-15(3)4)25-32(29,30)16-8-6-5-7-9-16/h5-9,14-15,17-19,22,25,28H,10-13H2,1-4H3,(H,23,26)(H,24,27)/t17-,18?,19?,22?/m0/s1. The average Bonchev–Trinajstić information content (AvgIpc) is 3.11. The van der Waals surface area contributed by atoms with Crippen molar-refractivity contribution in [3.05, 3.63) is 30.3 Å². The van der Waals surface area contributed by atoms with E-state index in [2.05, 4.69) is 15.4 Å². The molecule has 1 aromatic rings. The minimum Gasteiger partial charge on any atom is -0.366 e.